The van der Waals surface area contributed by atoms with Gasteiger partial charge in [-0.05, 0) is 74.1 Å². The summed E-state index contributed by atoms with van der Waals surface area (Å²) in [6, 6.07) is 15.3. The second-order valence-corrected chi connectivity index (χ2v) is 19.8. The number of amides is 2. The van der Waals surface area contributed by atoms with Crippen LogP contribution < -0.4 is 20.6 Å². The number of rotatable bonds is 23. The summed E-state index contributed by atoms with van der Waals surface area (Å²) in [4.78, 5) is 90.0. The van der Waals surface area contributed by atoms with Crippen LogP contribution in [0.25, 0.3) is 27.7 Å². The quantitative estimate of drug-likeness (QED) is 0.0598. The maximum atomic E-state index is 16.1. The Morgan fingerprint density at radius 3 is 1.97 bits per heavy atom. The Labute approximate surface area is 447 Å². The van der Waals surface area contributed by atoms with Gasteiger partial charge in [-0.15, -0.1) is 0 Å². The highest BCUT2D eigenvalue weighted by atomic mass is 35.5. The molecule has 2 fully saturated rings. The normalized spacial score (nSPS) is 16.8. The standard InChI is InChI=1S/C54H71ClFN9O11/c1-5-48(67)63-25-26-64(38(4)32-63)53-41-30-42(55)40(31-45(41)65(54(74)58-53)44-14-8-7-12-39(44)37(2)3)52-43(56)13-11-15-46(52)76-29-28-75-27-10-6-9-16-57-47(66)33-59-17-19-60(34-49(68)69)21-23-62(36-51(72)73)24-22-61(20-18-59)35-50(70)71/h5,7-8,11-15,30-31,37-38H,1,6,9-10,16-29,32-36H2,2-4H3,(H,57,66)(H,68,69)(H,70,71)(H,72,73)/t38-/m0/s1. The van der Waals surface area contributed by atoms with Crippen molar-refractivity contribution in [2.24, 2.45) is 0 Å². The summed E-state index contributed by atoms with van der Waals surface area (Å²) in [7, 11) is 0. The number of hydrogen-bond donors (Lipinski definition) is 4. The summed E-state index contributed by atoms with van der Waals surface area (Å²) >= 11 is 7.11. The van der Waals surface area contributed by atoms with Crippen molar-refractivity contribution in [2.75, 3.05) is 129 Å². The van der Waals surface area contributed by atoms with Crippen LogP contribution in [0, 0.1) is 5.82 Å². The van der Waals surface area contributed by atoms with Crippen molar-refractivity contribution in [3.05, 3.63) is 94.1 Å². The van der Waals surface area contributed by atoms with Gasteiger partial charge < -0.3 is 39.9 Å². The van der Waals surface area contributed by atoms with Crippen LogP contribution in [0.15, 0.2) is 72.0 Å². The first-order valence-electron chi connectivity index (χ1n) is 25.8. The number of benzene rings is 3. The van der Waals surface area contributed by atoms with Gasteiger partial charge in [-0.1, -0.05) is 56.3 Å². The summed E-state index contributed by atoms with van der Waals surface area (Å²) < 4.78 is 29.7. The molecule has 3 aromatic carbocycles. The molecule has 22 heteroatoms. The van der Waals surface area contributed by atoms with E-state index in [2.05, 4.69) is 16.9 Å². The summed E-state index contributed by atoms with van der Waals surface area (Å²) in [5.41, 5.74) is 1.92. The molecule has 2 aliphatic rings. The van der Waals surface area contributed by atoms with Crippen molar-refractivity contribution >= 4 is 58.0 Å². The molecule has 2 aliphatic heterocycles. The highest BCUT2D eigenvalue weighted by Gasteiger charge is 2.30. The van der Waals surface area contributed by atoms with Crippen LogP contribution in [-0.2, 0) is 28.7 Å². The molecule has 2 saturated heterocycles. The van der Waals surface area contributed by atoms with Gasteiger partial charge in [0.25, 0.3) is 0 Å². The molecule has 412 valence electrons. The van der Waals surface area contributed by atoms with Crippen molar-refractivity contribution in [1.82, 2.24) is 39.4 Å². The molecular formula is C54H71ClFN9O11. The molecule has 6 rings (SSSR count). The number of unbranched alkanes of at least 4 members (excludes halogenated alkanes) is 2. The molecule has 0 aliphatic carbocycles. The first kappa shape index (κ1) is 58.8. The minimum Gasteiger partial charge on any atom is -0.490 e. The maximum Gasteiger partial charge on any atom is 0.354 e. The third-order valence-electron chi connectivity index (χ3n) is 13.5. The lowest BCUT2D eigenvalue weighted by Crippen LogP contribution is -2.54. The minimum atomic E-state index is -1.03. The van der Waals surface area contributed by atoms with Gasteiger partial charge in [0.05, 0.1) is 49.6 Å². The fourth-order valence-electron chi connectivity index (χ4n) is 9.63. The van der Waals surface area contributed by atoms with Gasteiger partial charge in [-0.25, -0.2) is 9.18 Å². The van der Waals surface area contributed by atoms with Gasteiger partial charge in [-0.2, -0.15) is 4.98 Å². The van der Waals surface area contributed by atoms with E-state index in [1.807, 2.05) is 54.8 Å². The van der Waals surface area contributed by atoms with Crippen LogP contribution in [0.5, 0.6) is 5.75 Å². The topological polar surface area (TPSA) is 231 Å². The Hall–Kier alpha value is -6.49. The third-order valence-corrected chi connectivity index (χ3v) is 13.8. The highest BCUT2D eigenvalue weighted by molar-refractivity contribution is 6.34. The number of aliphatic carboxylic acids is 3. The summed E-state index contributed by atoms with van der Waals surface area (Å²) in [6.45, 7) is 13.7. The molecule has 20 nitrogen and oxygen atoms in total. The van der Waals surface area contributed by atoms with Crippen LogP contribution in [0.3, 0.4) is 0 Å². The van der Waals surface area contributed by atoms with Gasteiger partial charge in [0.15, 0.2) is 0 Å². The Kier molecular flexibility index (Phi) is 22.1. The van der Waals surface area contributed by atoms with E-state index in [1.165, 1.54) is 12.1 Å². The molecule has 0 bridgehead atoms. The predicted octanol–water partition coefficient (Wildman–Crippen LogP) is 4.35. The molecule has 4 N–H and O–H groups in total. The molecule has 1 atom stereocenters. The average Bonchev–Trinajstić information content (AvgIpc) is 3.37. The lowest BCUT2D eigenvalue weighted by molar-refractivity contribution is -0.140. The number of carboxylic acid groups (broad SMARTS) is 3. The van der Waals surface area contributed by atoms with E-state index in [1.54, 1.807) is 48.4 Å². The number of nitrogens with one attached hydrogen (secondary N) is 1. The smallest absolute Gasteiger partial charge is 0.354 e. The van der Waals surface area contributed by atoms with Crippen LogP contribution in [0.4, 0.5) is 10.2 Å². The van der Waals surface area contributed by atoms with Crippen molar-refractivity contribution < 1.29 is 53.2 Å². The van der Waals surface area contributed by atoms with Crippen LogP contribution in [0.1, 0.15) is 51.5 Å². The van der Waals surface area contributed by atoms with E-state index < -0.39 is 29.4 Å². The van der Waals surface area contributed by atoms with Gasteiger partial charge in [0, 0.05) is 107 Å². The summed E-state index contributed by atoms with van der Waals surface area (Å²) in [5, 5.41) is 32.2. The molecule has 2 amide bonds. The zero-order valence-electron chi connectivity index (χ0n) is 43.6. The number of carbonyl (C=O) groups excluding carboxylic acids is 2. The maximum absolute atomic E-state index is 16.1. The van der Waals surface area contributed by atoms with E-state index in [4.69, 9.17) is 21.1 Å². The number of carbonyl (C=O) groups is 5. The largest absolute Gasteiger partial charge is 0.490 e. The lowest BCUT2D eigenvalue weighted by atomic mass is 9.99. The molecule has 0 radical (unpaired) electrons. The van der Waals surface area contributed by atoms with Gasteiger partial charge in [0.1, 0.15) is 24.0 Å². The molecule has 1 aromatic heterocycles. The van der Waals surface area contributed by atoms with E-state index in [0.717, 1.165) is 12.0 Å². The first-order valence-corrected chi connectivity index (χ1v) is 26.2. The zero-order valence-corrected chi connectivity index (χ0v) is 44.4. The van der Waals surface area contributed by atoms with E-state index in [9.17, 15) is 44.1 Å². The number of ether oxygens (including phenoxy) is 2. The Balaban J connectivity index is 1.05. The van der Waals surface area contributed by atoms with Crippen LogP contribution >= 0.6 is 11.6 Å². The number of piperazine rings is 1. The average molecular weight is 1080 g/mol. The van der Waals surface area contributed by atoms with Crippen molar-refractivity contribution in [3.8, 4) is 22.6 Å². The molecule has 0 unspecified atom stereocenters. The van der Waals surface area contributed by atoms with Gasteiger partial charge in [0.2, 0.25) is 11.8 Å². The number of halogens is 2. The third kappa shape index (κ3) is 16.5. The molecule has 76 heavy (non-hydrogen) atoms. The Morgan fingerprint density at radius 1 is 0.789 bits per heavy atom. The molecule has 3 heterocycles. The van der Waals surface area contributed by atoms with E-state index in [-0.39, 0.29) is 106 Å². The van der Waals surface area contributed by atoms with Crippen molar-refractivity contribution in [2.45, 2.75) is 52.0 Å². The van der Waals surface area contributed by atoms with E-state index in [0.29, 0.717) is 99.8 Å². The first-order chi connectivity index (χ1) is 36.4. The highest BCUT2D eigenvalue weighted by Crippen LogP contribution is 2.41. The monoisotopic (exact) mass is 1080 g/mol. The van der Waals surface area contributed by atoms with Gasteiger partial charge >= 0.3 is 23.6 Å². The fraction of sp³-hybridized carbons (Fsp3) is 0.500. The molecular weight excluding hydrogens is 1010 g/mol. The number of nitrogens with zero attached hydrogens (tertiary/aromatic N) is 8. The Bertz CT molecular complexity index is 2710. The van der Waals surface area contributed by atoms with Crippen molar-refractivity contribution in [3.63, 3.8) is 0 Å². The van der Waals surface area contributed by atoms with E-state index >= 15 is 4.39 Å². The number of fused-ring (bicyclic) bond motifs is 1. The molecule has 4 aromatic rings. The second kappa shape index (κ2) is 28.6. The number of para-hydroxylation sites is 1. The lowest BCUT2D eigenvalue weighted by Gasteiger charge is -2.40. The number of aromatic nitrogens is 2. The van der Waals surface area contributed by atoms with Crippen molar-refractivity contribution in [1.29, 1.82) is 0 Å². The van der Waals surface area contributed by atoms with Crippen LogP contribution in [-0.4, -0.2) is 210 Å². The minimum absolute atomic E-state index is 0.0292. The second-order valence-electron chi connectivity index (χ2n) is 19.4. The Morgan fingerprint density at radius 2 is 1.39 bits per heavy atom. The molecule has 0 spiro atoms. The summed E-state index contributed by atoms with van der Waals surface area (Å²) in [5.74, 6) is -3.37. The summed E-state index contributed by atoms with van der Waals surface area (Å²) in [6.07, 6.45) is 3.41. The SMILES string of the molecule is C=CC(=O)N1CCN(c2nc(=O)n(-c3ccccc3C(C)C)c3cc(-c4c(F)cccc4OCCOCCCCCNC(=O)CN4CCN(CC(=O)O)CCN(CC(=O)O)CCN(CC(=O)O)CC4)c(Cl)cc23)[C@@H](C)C1. The van der Waals surface area contributed by atoms with Crippen LogP contribution in [0.2, 0.25) is 5.02 Å². The van der Waals surface area contributed by atoms with Gasteiger partial charge in [-0.3, -0.25) is 48.1 Å². The molecule has 0 saturated carbocycles. The zero-order chi connectivity index (χ0) is 54.9. The number of hydrogen-bond acceptors (Lipinski definition) is 14. The predicted molar refractivity (Wildman–Crippen MR) is 287 cm³/mol. The fourth-order valence-corrected chi connectivity index (χ4v) is 9.89. The number of carboxylic acids is 3. The number of anilines is 1.